The topological polar surface area (TPSA) is 130 Å². The van der Waals surface area contributed by atoms with Gasteiger partial charge in [-0.2, -0.15) is 0 Å². The van der Waals surface area contributed by atoms with Crippen LogP contribution in [-0.2, 0) is 14.2 Å². The summed E-state index contributed by atoms with van der Waals surface area (Å²) < 4.78 is 12.5. The van der Waals surface area contributed by atoms with Gasteiger partial charge in [0.05, 0.1) is 0 Å². The molecule has 0 heterocycles. The minimum atomic E-state index is -3.40. The summed E-state index contributed by atoms with van der Waals surface area (Å²) in [5.41, 5.74) is 5.90. The van der Waals surface area contributed by atoms with E-state index in [1.807, 2.05) is 27.7 Å². The molecule has 1 aliphatic carbocycles. The van der Waals surface area contributed by atoms with E-state index in [-0.39, 0.29) is 45.8 Å². The minimum absolute atomic E-state index is 0.0273. The Morgan fingerprint density at radius 2 is 1.77 bits per heavy atom. The predicted molar refractivity (Wildman–Crippen MR) is 123 cm³/mol. The molecule has 0 aromatic heterocycles. The van der Waals surface area contributed by atoms with Crippen molar-refractivity contribution in [2.45, 2.75) is 89.6 Å². The van der Waals surface area contributed by atoms with E-state index in [4.69, 9.17) is 5.73 Å². The van der Waals surface area contributed by atoms with Crippen LogP contribution in [0.4, 0.5) is 0 Å². The molecule has 0 spiro atoms. The van der Waals surface area contributed by atoms with Crippen molar-refractivity contribution >= 4 is 33.6 Å². The first kappa shape index (κ1) is 27.8. The summed E-state index contributed by atoms with van der Waals surface area (Å²) in [5, 5.41) is 13.3. The second-order valence-corrected chi connectivity index (χ2v) is 14.6. The molecular weight excluding hydrogens is 466 g/mol. The van der Waals surface area contributed by atoms with Crippen molar-refractivity contribution in [2.24, 2.45) is 23.5 Å². The van der Waals surface area contributed by atoms with E-state index in [9.17, 15) is 24.2 Å². The van der Waals surface area contributed by atoms with E-state index < -0.39 is 41.3 Å². The molecule has 9 heteroatoms. The fourth-order valence-electron chi connectivity index (χ4n) is 3.86. The molecule has 30 heavy (non-hydrogen) atoms. The fraction of sp³-hybridized carbons (Fsp3) is 0.905. The molecule has 1 rings (SSSR count). The van der Waals surface area contributed by atoms with E-state index in [2.05, 4.69) is 5.32 Å². The molecule has 0 aromatic rings. The average Bonchev–Trinajstić information content (AvgIpc) is 2.64. The zero-order chi connectivity index (χ0) is 22.9. The number of hydrogen-bond donors (Lipinski definition) is 4. The Hall–Kier alpha value is -0.192. The molecule has 2 unspecified atom stereocenters. The predicted octanol–water partition coefficient (Wildman–Crippen LogP) is 2.09. The van der Waals surface area contributed by atoms with Crippen LogP contribution < -0.4 is 11.1 Å². The van der Waals surface area contributed by atoms with Crippen molar-refractivity contribution in [2.75, 3.05) is 12.3 Å². The molecule has 7 nitrogen and oxygen atoms in total. The van der Waals surface area contributed by atoms with Gasteiger partial charge in [0.15, 0.2) is 0 Å². The first-order valence-corrected chi connectivity index (χ1v) is 15.8. The van der Waals surface area contributed by atoms with Gasteiger partial charge in [-0.15, -0.1) is 0 Å². The number of carbonyl (C=O) groups excluding carboxylic acids is 2. The summed E-state index contributed by atoms with van der Waals surface area (Å²) in [5.74, 6) is 0.137. The van der Waals surface area contributed by atoms with Gasteiger partial charge in [-0.3, -0.25) is 0 Å². The van der Waals surface area contributed by atoms with Gasteiger partial charge in [0, 0.05) is 0 Å². The Labute approximate surface area is 188 Å². The summed E-state index contributed by atoms with van der Waals surface area (Å²) >= 11 is -1.22. The number of rotatable bonds is 13. The molecule has 5 atom stereocenters. The van der Waals surface area contributed by atoms with Gasteiger partial charge in [0.2, 0.25) is 0 Å². The molecule has 1 saturated carbocycles. The fourth-order valence-corrected chi connectivity index (χ4v) is 8.61. The average molecular weight is 508 g/mol. The Balaban J connectivity index is 2.55. The van der Waals surface area contributed by atoms with E-state index in [0.717, 1.165) is 25.7 Å². The zero-order valence-electron chi connectivity index (χ0n) is 19.0. The molecule has 0 aromatic carbocycles. The van der Waals surface area contributed by atoms with Gasteiger partial charge in [-0.1, -0.05) is 0 Å². The van der Waals surface area contributed by atoms with Crippen molar-refractivity contribution in [3.63, 3.8) is 0 Å². The monoisotopic (exact) mass is 508 g/mol. The molecule has 1 amide bonds. The van der Waals surface area contributed by atoms with Gasteiger partial charge < -0.3 is 0 Å². The molecule has 0 radical (unpaired) electrons. The van der Waals surface area contributed by atoms with Crippen LogP contribution in [0.25, 0.3) is 0 Å². The summed E-state index contributed by atoms with van der Waals surface area (Å²) in [6, 6.07) is -1.27. The Morgan fingerprint density at radius 1 is 1.17 bits per heavy atom. The Kier molecular flexibility index (Phi) is 12.4. The molecule has 1 fully saturated rings. The zero-order valence-corrected chi connectivity index (χ0v) is 22.0. The maximum absolute atomic E-state index is 12.8. The number of amides is 1. The van der Waals surface area contributed by atoms with Crippen LogP contribution in [-0.4, -0.2) is 66.7 Å². The quantitative estimate of drug-likeness (QED) is 0.223. The maximum atomic E-state index is 12.8. The van der Waals surface area contributed by atoms with Crippen molar-refractivity contribution in [1.29, 1.82) is 0 Å². The second kappa shape index (κ2) is 13.4. The van der Waals surface area contributed by atoms with Crippen LogP contribution >= 0.6 is 7.37 Å². The second-order valence-electron chi connectivity index (χ2n) is 9.57. The van der Waals surface area contributed by atoms with Gasteiger partial charge >= 0.3 is 188 Å². The van der Waals surface area contributed by atoms with Gasteiger partial charge in [0.25, 0.3) is 0 Å². The van der Waals surface area contributed by atoms with Crippen molar-refractivity contribution in [3.8, 4) is 0 Å². The normalized spacial score (nSPS) is 21.0. The standard InChI is InChI=1S/C21H42AsN2O5P/c1-14(2)10-18(24-21(27)19(23)15(3)4)20(26)22-11-17(25)13-30(28,29)12-16-8-6-5-7-9-16/h14-19,22,25H,5-13,23H2,1-4H3,(H,24,27)(H,28,29)/t17-,18-,19-/m0/s1. The number of nitrogens with two attached hydrogens (primary N) is 1. The SMILES string of the molecule is CC(C)C[C@H](NC(=O)[C@@H](N)C(C)C)C(=O)[AsH]C[C@H](O)CP(=O)(O)CC1CCCCC1. The van der Waals surface area contributed by atoms with Crippen molar-refractivity contribution < 1.29 is 24.2 Å². The number of hydrogen-bond acceptors (Lipinski definition) is 5. The molecule has 1 aliphatic rings. The van der Waals surface area contributed by atoms with Gasteiger partial charge in [-0.05, 0) is 0 Å². The van der Waals surface area contributed by atoms with Crippen molar-refractivity contribution in [3.05, 3.63) is 0 Å². The third-order valence-electron chi connectivity index (χ3n) is 5.64. The summed E-state index contributed by atoms with van der Waals surface area (Å²) in [6.45, 7) is 7.68. The van der Waals surface area contributed by atoms with Crippen LogP contribution in [0.15, 0.2) is 0 Å². The molecule has 0 aliphatic heterocycles. The van der Waals surface area contributed by atoms with Crippen LogP contribution in [0, 0.1) is 17.8 Å². The number of nitrogens with one attached hydrogen (secondary N) is 1. The molecule has 176 valence electrons. The number of aliphatic hydroxyl groups is 1. The van der Waals surface area contributed by atoms with Crippen LogP contribution in [0.3, 0.4) is 0 Å². The summed E-state index contributed by atoms with van der Waals surface area (Å²) in [4.78, 5) is 35.4. The first-order chi connectivity index (χ1) is 13.9. The summed E-state index contributed by atoms with van der Waals surface area (Å²) in [6.07, 6.45) is 5.10. The van der Waals surface area contributed by atoms with E-state index in [1.165, 1.54) is 6.42 Å². The first-order valence-electron chi connectivity index (χ1n) is 11.2. The number of aliphatic hydroxyl groups excluding tert-OH is 1. The summed E-state index contributed by atoms with van der Waals surface area (Å²) in [7, 11) is -3.40. The van der Waals surface area contributed by atoms with E-state index >= 15 is 0 Å². The van der Waals surface area contributed by atoms with Crippen molar-refractivity contribution in [1.82, 2.24) is 5.32 Å². The third-order valence-corrected chi connectivity index (χ3v) is 10.6. The molecule has 5 N–H and O–H groups in total. The van der Waals surface area contributed by atoms with E-state index in [0.29, 0.717) is 6.42 Å². The molecule has 0 bridgehead atoms. The molecular formula is C21H42AsN2O5P. The third kappa shape index (κ3) is 10.9. The Morgan fingerprint density at radius 3 is 2.30 bits per heavy atom. The van der Waals surface area contributed by atoms with Gasteiger partial charge in [0.1, 0.15) is 0 Å². The van der Waals surface area contributed by atoms with Crippen LogP contribution in [0.2, 0.25) is 5.21 Å². The van der Waals surface area contributed by atoms with Crippen LogP contribution in [0.5, 0.6) is 0 Å². The Bertz CT molecular complexity index is 596. The molecule has 0 saturated heterocycles. The van der Waals surface area contributed by atoms with Gasteiger partial charge in [-0.25, -0.2) is 0 Å². The number of carbonyl (C=O) groups is 2. The van der Waals surface area contributed by atoms with Crippen LogP contribution in [0.1, 0.15) is 66.2 Å². The van der Waals surface area contributed by atoms with E-state index in [1.54, 1.807) is 0 Å².